The van der Waals surface area contributed by atoms with Gasteiger partial charge in [0.1, 0.15) is 22.7 Å². The lowest BCUT2D eigenvalue weighted by molar-refractivity contribution is 0.281. The first-order chi connectivity index (χ1) is 16.0. The molecule has 0 amide bonds. The lowest BCUT2D eigenvalue weighted by atomic mass is 10.0. The van der Waals surface area contributed by atoms with Crippen LogP contribution in [0.25, 0.3) is 22.2 Å². The van der Waals surface area contributed by atoms with Gasteiger partial charge in [0.25, 0.3) is 10.0 Å². The molecule has 0 spiro atoms. The maximum atomic E-state index is 15.7. The molecule has 0 aliphatic rings. The van der Waals surface area contributed by atoms with E-state index in [1.54, 1.807) is 6.20 Å². The molecule has 0 bridgehead atoms. The van der Waals surface area contributed by atoms with Crippen molar-refractivity contribution in [3.05, 3.63) is 64.3 Å². The molecule has 0 saturated carbocycles. The summed E-state index contributed by atoms with van der Waals surface area (Å²) in [4.78, 5) is 7.92. The van der Waals surface area contributed by atoms with E-state index in [4.69, 9.17) is 28.9 Å². The minimum atomic E-state index is -4.35. The Morgan fingerprint density at radius 1 is 1.21 bits per heavy atom. The third kappa shape index (κ3) is 4.18. The van der Waals surface area contributed by atoms with Crippen LogP contribution in [0.4, 0.5) is 15.9 Å². The van der Waals surface area contributed by atoms with Gasteiger partial charge in [0, 0.05) is 28.4 Å². The molecule has 2 aromatic heterocycles. The Kier molecular flexibility index (Phi) is 6.43. The van der Waals surface area contributed by atoms with Crippen LogP contribution in [-0.4, -0.2) is 28.1 Å². The molecule has 0 radical (unpaired) electrons. The van der Waals surface area contributed by atoms with Crippen molar-refractivity contribution in [2.45, 2.75) is 31.4 Å². The van der Waals surface area contributed by atoms with E-state index in [1.165, 1.54) is 30.6 Å². The van der Waals surface area contributed by atoms with Gasteiger partial charge in [-0.05, 0) is 37.6 Å². The Morgan fingerprint density at radius 2 is 1.94 bits per heavy atom. The Bertz CT molecular complexity index is 1520. The van der Waals surface area contributed by atoms with Gasteiger partial charge in [-0.2, -0.15) is 0 Å². The van der Waals surface area contributed by atoms with Crippen LogP contribution in [0.2, 0.25) is 10.0 Å². The van der Waals surface area contributed by atoms with E-state index in [-0.39, 0.29) is 43.6 Å². The van der Waals surface area contributed by atoms with Crippen molar-refractivity contribution in [3.8, 4) is 11.1 Å². The molecule has 0 aliphatic carbocycles. The number of nitrogens with one attached hydrogen (secondary N) is 1. The molecule has 0 saturated heterocycles. The Hall–Kier alpha value is -2.92. The fourth-order valence-electron chi connectivity index (χ4n) is 3.65. The zero-order chi connectivity index (χ0) is 24.8. The van der Waals surface area contributed by atoms with Gasteiger partial charge in [0.2, 0.25) is 0 Å². The van der Waals surface area contributed by atoms with Crippen LogP contribution in [0.15, 0.2) is 47.8 Å². The summed E-state index contributed by atoms with van der Waals surface area (Å²) in [6, 6.07) is 6.77. The monoisotopic (exact) mass is 523 g/mol. The minimum Gasteiger partial charge on any atom is -0.392 e. The number of anilines is 2. The number of hydrogen-bond donors (Lipinski definition) is 3. The number of aliphatic hydroxyl groups is 1. The van der Waals surface area contributed by atoms with Crippen molar-refractivity contribution in [3.63, 3.8) is 0 Å². The molecule has 4 aromatic rings. The van der Waals surface area contributed by atoms with Crippen molar-refractivity contribution < 1.29 is 17.9 Å². The quantitative estimate of drug-likeness (QED) is 0.326. The van der Waals surface area contributed by atoms with Crippen LogP contribution in [0, 0.1) is 5.82 Å². The minimum absolute atomic E-state index is 0.000915. The van der Waals surface area contributed by atoms with Gasteiger partial charge >= 0.3 is 0 Å². The van der Waals surface area contributed by atoms with Gasteiger partial charge in [-0.15, -0.1) is 0 Å². The number of aliphatic hydroxyl groups excluding tert-OH is 1. The molecule has 8 nitrogen and oxygen atoms in total. The molecule has 0 aliphatic heterocycles. The Balaban J connectivity index is 1.85. The summed E-state index contributed by atoms with van der Waals surface area (Å²) in [5, 5.41) is 9.75. The molecular formula is C22H20Cl2FN5O3S. The number of hydrogen-bond acceptors (Lipinski definition) is 6. The molecule has 0 unspecified atom stereocenters. The van der Waals surface area contributed by atoms with Crippen molar-refractivity contribution >= 4 is 55.8 Å². The van der Waals surface area contributed by atoms with Crippen LogP contribution in [-0.2, 0) is 16.6 Å². The standard InChI is InChI=1S/C22H20Cl2FN5O3S/c1-11(2)30-8-15(18-21(26)27-10-28-22(18)30)14-4-3-5-16(20(14)25)29-34(32,33)17-7-13(23)6-12(9-31)19(17)24/h3-8,10-11,29,31H,9H2,1-2H3,(H2,26,27,28). The predicted molar refractivity (Wildman–Crippen MR) is 131 cm³/mol. The Morgan fingerprint density at radius 3 is 2.62 bits per heavy atom. The number of fused-ring (bicyclic) bond motifs is 1. The highest BCUT2D eigenvalue weighted by Crippen LogP contribution is 2.38. The summed E-state index contributed by atoms with van der Waals surface area (Å²) in [5.41, 5.74) is 6.97. The summed E-state index contributed by atoms with van der Waals surface area (Å²) in [6.45, 7) is 3.37. The predicted octanol–water partition coefficient (Wildman–Crippen LogP) is 5.00. The zero-order valence-electron chi connectivity index (χ0n) is 18.1. The van der Waals surface area contributed by atoms with E-state index in [9.17, 15) is 13.5 Å². The number of benzene rings is 2. The van der Waals surface area contributed by atoms with E-state index < -0.39 is 22.4 Å². The highest BCUT2D eigenvalue weighted by atomic mass is 35.5. The maximum Gasteiger partial charge on any atom is 0.263 e. The van der Waals surface area contributed by atoms with Crippen LogP contribution in [0.3, 0.4) is 0 Å². The number of nitrogens with two attached hydrogens (primary N) is 1. The molecule has 34 heavy (non-hydrogen) atoms. The third-order valence-corrected chi connectivity index (χ3v) is 7.43. The molecule has 12 heteroatoms. The lowest BCUT2D eigenvalue weighted by Crippen LogP contribution is -2.15. The van der Waals surface area contributed by atoms with Gasteiger partial charge in [-0.1, -0.05) is 35.3 Å². The van der Waals surface area contributed by atoms with E-state index in [0.29, 0.717) is 16.6 Å². The third-order valence-electron chi connectivity index (χ3n) is 5.27. The molecule has 4 rings (SSSR count). The molecular weight excluding hydrogens is 504 g/mol. The first kappa shape index (κ1) is 24.2. The molecule has 2 heterocycles. The smallest absolute Gasteiger partial charge is 0.263 e. The van der Waals surface area contributed by atoms with Gasteiger partial charge in [-0.3, -0.25) is 4.72 Å². The topological polar surface area (TPSA) is 123 Å². The number of nitrogens with zero attached hydrogens (tertiary/aromatic N) is 3. The second kappa shape index (κ2) is 9.03. The van der Waals surface area contributed by atoms with E-state index in [0.717, 1.165) is 6.07 Å². The average Bonchev–Trinajstić information content (AvgIpc) is 3.17. The van der Waals surface area contributed by atoms with E-state index in [1.807, 2.05) is 18.4 Å². The maximum absolute atomic E-state index is 15.7. The van der Waals surface area contributed by atoms with Gasteiger partial charge < -0.3 is 15.4 Å². The van der Waals surface area contributed by atoms with Crippen molar-refractivity contribution in [1.82, 2.24) is 14.5 Å². The Labute approximate surface area is 205 Å². The first-order valence-corrected chi connectivity index (χ1v) is 12.3. The second-order valence-electron chi connectivity index (χ2n) is 7.81. The van der Waals surface area contributed by atoms with Crippen LogP contribution in [0.1, 0.15) is 25.5 Å². The normalized spacial score (nSPS) is 12.0. The molecule has 0 fully saturated rings. The van der Waals surface area contributed by atoms with Crippen LogP contribution in [0.5, 0.6) is 0 Å². The number of aromatic nitrogens is 3. The zero-order valence-corrected chi connectivity index (χ0v) is 20.4. The lowest BCUT2D eigenvalue weighted by Gasteiger charge is -2.14. The summed E-state index contributed by atoms with van der Waals surface area (Å²) in [7, 11) is -4.35. The van der Waals surface area contributed by atoms with E-state index in [2.05, 4.69) is 14.7 Å². The fraction of sp³-hybridized carbons (Fsp3) is 0.182. The van der Waals surface area contributed by atoms with Crippen molar-refractivity contribution in [2.75, 3.05) is 10.5 Å². The SMILES string of the molecule is CC(C)n1cc(-c2cccc(NS(=O)(=O)c3cc(Cl)cc(CO)c3Cl)c2F)c2c(N)ncnc21. The van der Waals surface area contributed by atoms with Crippen LogP contribution < -0.4 is 10.5 Å². The molecule has 0 atom stereocenters. The highest BCUT2D eigenvalue weighted by Gasteiger charge is 2.25. The van der Waals surface area contributed by atoms with Crippen molar-refractivity contribution in [1.29, 1.82) is 0 Å². The molecule has 2 aromatic carbocycles. The summed E-state index contributed by atoms with van der Waals surface area (Å²) < 4.78 is 45.9. The molecule has 178 valence electrons. The fourth-order valence-corrected chi connectivity index (χ4v) is 5.64. The number of rotatable bonds is 6. The highest BCUT2D eigenvalue weighted by molar-refractivity contribution is 7.92. The van der Waals surface area contributed by atoms with Crippen LogP contribution >= 0.6 is 23.2 Å². The van der Waals surface area contributed by atoms with E-state index >= 15 is 4.39 Å². The second-order valence-corrected chi connectivity index (χ2v) is 10.3. The average molecular weight is 524 g/mol. The van der Waals surface area contributed by atoms with Gasteiger partial charge in [0.05, 0.1) is 22.7 Å². The number of sulfonamides is 1. The van der Waals surface area contributed by atoms with Gasteiger partial charge in [-0.25, -0.2) is 22.8 Å². The summed E-state index contributed by atoms with van der Waals surface area (Å²) in [6.07, 6.45) is 3.04. The summed E-state index contributed by atoms with van der Waals surface area (Å²) in [5.74, 6) is -0.648. The molecule has 4 N–H and O–H groups in total. The number of halogens is 3. The largest absolute Gasteiger partial charge is 0.392 e. The number of nitrogen functional groups attached to an aromatic ring is 1. The van der Waals surface area contributed by atoms with Crippen molar-refractivity contribution in [2.24, 2.45) is 0 Å². The first-order valence-electron chi connectivity index (χ1n) is 10.1. The summed E-state index contributed by atoms with van der Waals surface area (Å²) >= 11 is 12.1. The van der Waals surface area contributed by atoms with Gasteiger partial charge in [0.15, 0.2) is 5.82 Å².